The molecular formula is C15H19FN2O3S. The molecule has 7 heteroatoms. The minimum Gasteiger partial charge on any atom is -0.331 e. The summed E-state index contributed by atoms with van der Waals surface area (Å²) < 4.78 is 36.5. The van der Waals surface area contributed by atoms with Gasteiger partial charge in [-0.05, 0) is 43.0 Å². The smallest absolute Gasteiger partial charge is 0.318 e. The normalized spacial score (nSPS) is 26.5. The van der Waals surface area contributed by atoms with Gasteiger partial charge in [0.1, 0.15) is 5.82 Å². The SMILES string of the molecule is C[C@@H]1CS(=O)(=O)CCN1C(=O)N[C@@H]1CCc2ccc(F)cc21. The summed E-state index contributed by atoms with van der Waals surface area (Å²) >= 11 is 0. The first-order chi connectivity index (χ1) is 10.4. The average Bonchev–Trinajstić information content (AvgIpc) is 2.80. The van der Waals surface area contributed by atoms with E-state index < -0.39 is 9.84 Å². The molecule has 0 radical (unpaired) electrons. The molecule has 3 rings (SSSR count). The number of benzene rings is 1. The summed E-state index contributed by atoms with van der Waals surface area (Å²) in [5.41, 5.74) is 1.88. The van der Waals surface area contributed by atoms with Crippen molar-refractivity contribution in [2.45, 2.75) is 31.8 Å². The Morgan fingerprint density at radius 3 is 2.91 bits per heavy atom. The lowest BCUT2D eigenvalue weighted by Crippen LogP contribution is -2.53. The molecule has 0 saturated carbocycles. The van der Waals surface area contributed by atoms with Gasteiger partial charge in [0, 0.05) is 12.6 Å². The van der Waals surface area contributed by atoms with E-state index in [4.69, 9.17) is 0 Å². The van der Waals surface area contributed by atoms with Gasteiger partial charge in [0.25, 0.3) is 0 Å². The molecule has 1 saturated heterocycles. The number of rotatable bonds is 1. The van der Waals surface area contributed by atoms with Crippen molar-refractivity contribution in [2.24, 2.45) is 0 Å². The maximum absolute atomic E-state index is 13.4. The minimum absolute atomic E-state index is 0.000637. The second-order valence-electron chi connectivity index (χ2n) is 6.04. The molecule has 2 aliphatic rings. The first-order valence-electron chi connectivity index (χ1n) is 7.41. The molecule has 120 valence electrons. The number of amides is 2. The molecule has 0 unspecified atom stereocenters. The molecule has 2 amide bonds. The fourth-order valence-corrected chi connectivity index (χ4v) is 4.81. The number of aryl methyl sites for hydroxylation is 1. The van der Waals surface area contributed by atoms with Crippen molar-refractivity contribution in [3.05, 3.63) is 35.1 Å². The highest BCUT2D eigenvalue weighted by molar-refractivity contribution is 7.91. The van der Waals surface area contributed by atoms with Crippen LogP contribution in [0.1, 0.15) is 30.5 Å². The quantitative estimate of drug-likeness (QED) is 0.853. The standard InChI is InChI=1S/C15H19FN2O3S/c1-10-9-22(20,21)7-6-18(10)15(19)17-14-5-3-11-2-4-12(16)8-13(11)14/h2,4,8,10,14H,3,5-7,9H2,1H3,(H,17,19)/t10-,14-/m1/s1. The molecule has 0 aromatic heterocycles. The predicted octanol–water partition coefficient (Wildman–Crippen LogP) is 1.64. The van der Waals surface area contributed by atoms with E-state index in [0.29, 0.717) is 0 Å². The van der Waals surface area contributed by atoms with Crippen molar-refractivity contribution in [1.82, 2.24) is 10.2 Å². The monoisotopic (exact) mass is 326 g/mol. The number of nitrogens with one attached hydrogen (secondary N) is 1. The Kier molecular flexibility index (Phi) is 3.84. The van der Waals surface area contributed by atoms with Gasteiger partial charge in [-0.2, -0.15) is 0 Å². The van der Waals surface area contributed by atoms with E-state index in [0.717, 1.165) is 24.0 Å². The Hall–Kier alpha value is -1.63. The highest BCUT2D eigenvalue weighted by Gasteiger charge is 2.33. The third-order valence-electron chi connectivity index (χ3n) is 4.41. The van der Waals surface area contributed by atoms with E-state index in [2.05, 4.69) is 5.32 Å². The molecule has 0 spiro atoms. The number of hydrogen-bond acceptors (Lipinski definition) is 3. The third kappa shape index (κ3) is 2.95. The lowest BCUT2D eigenvalue weighted by Gasteiger charge is -2.34. The van der Waals surface area contributed by atoms with Crippen molar-refractivity contribution in [2.75, 3.05) is 18.1 Å². The van der Waals surface area contributed by atoms with Gasteiger partial charge in [0.2, 0.25) is 0 Å². The van der Waals surface area contributed by atoms with Crippen molar-refractivity contribution >= 4 is 15.9 Å². The van der Waals surface area contributed by atoms with E-state index in [-0.39, 0.29) is 42.0 Å². The number of sulfone groups is 1. The molecule has 5 nitrogen and oxygen atoms in total. The number of hydrogen-bond donors (Lipinski definition) is 1. The van der Waals surface area contributed by atoms with Crippen LogP contribution in [0.4, 0.5) is 9.18 Å². The van der Waals surface area contributed by atoms with Gasteiger partial charge in [-0.3, -0.25) is 0 Å². The van der Waals surface area contributed by atoms with Crippen LogP contribution >= 0.6 is 0 Å². The van der Waals surface area contributed by atoms with Gasteiger partial charge in [-0.25, -0.2) is 17.6 Å². The molecule has 22 heavy (non-hydrogen) atoms. The number of fused-ring (bicyclic) bond motifs is 1. The summed E-state index contributed by atoms with van der Waals surface area (Å²) in [6, 6.07) is 3.84. The zero-order valence-corrected chi connectivity index (χ0v) is 13.2. The number of carbonyl (C=O) groups excluding carboxylic acids is 1. The van der Waals surface area contributed by atoms with Gasteiger partial charge >= 0.3 is 6.03 Å². The zero-order chi connectivity index (χ0) is 15.9. The second-order valence-corrected chi connectivity index (χ2v) is 8.27. The zero-order valence-electron chi connectivity index (χ0n) is 12.4. The van der Waals surface area contributed by atoms with Crippen LogP contribution in [0.3, 0.4) is 0 Å². The molecule has 0 bridgehead atoms. The number of urea groups is 1. The van der Waals surface area contributed by atoms with Crippen molar-refractivity contribution in [1.29, 1.82) is 0 Å². The van der Waals surface area contributed by atoms with Gasteiger partial charge in [-0.1, -0.05) is 6.07 Å². The molecule has 1 aliphatic carbocycles. The third-order valence-corrected chi connectivity index (χ3v) is 6.21. The van der Waals surface area contributed by atoms with Crippen LogP contribution in [0.25, 0.3) is 0 Å². The molecule has 1 aromatic carbocycles. The van der Waals surface area contributed by atoms with E-state index >= 15 is 0 Å². The van der Waals surface area contributed by atoms with Crippen LogP contribution in [0, 0.1) is 5.82 Å². The highest BCUT2D eigenvalue weighted by Crippen LogP contribution is 2.31. The number of carbonyl (C=O) groups is 1. The van der Waals surface area contributed by atoms with Crippen molar-refractivity contribution in [3.63, 3.8) is 0 Å². The van der Waals surface area contributed by atoms with Gasteiger partial charge < -0.3 is 10.2 Å². The molecule has 1 aliphatic heterocycles. The van der Waals surface area contributed by atoms with Crippen LogP contribution in [0.2, 0.25) is 0 Å². The molecule has 1 fully saturated rings. The maximum Gasteiger partial charge on any atom is 0.318 e. The molecule has 2 atom stereocenters. The molecular weight excluding hydrogens is 307 g/mol. The summed E-state index contributed by atoms with van der Waals surface area (Å²) in [5.74, 6) is -0.311. The van der Waals surface area contributed by atoms with Crippen LogP contribution in [-0.2, 0) is 16.3 Å². The number of nitrogens with zero attached hydrogens (tertiary/aromatic N) is 1. The van der Waals surface area contributed by atoms with Crippen LogP contribution in [-0.4, -0.2) is 43.4 Å². The minimum atomic E-state index is -3.05. The van der Waals surface area contributed by atoms with Crippen molar-refractivity contribution < 1.29 is 17.6 Å². The Labute approximate surface area is 129 Å². The van der Waals surface area contributed by atoms with Gasteiger partial charge in [0.05, 0.1) is 17.5 Å². The molecule has 1 aromatic rings. The fourth-order valence-electron chi connectivity index (χ4n) is 3.26. The summed E-state index contributed by atoms with van der Waals surface area (Å²) in [7, 11) is -3.05. The summed E-state index contributed by atoms with van der Waals surface area (Å²) in [6.07, 6.45) is 1.55. The Bertz CT molecular complexity index is 705. The lowest BCUT2D eigenvalue weighted by atomic mass is 10.1. The Morgan fingerprint density at radius 2 is 2.18 bits per heavy atom. The van der Waals surface area contributed by atoms with E-state index in [1.807, 2.05) is 0 Å². The molecule has 1 N–H and O–H groups in total. The fraction of sp³-hybridized carbons (Fsp3) is 0.533. The summed E-state index contributed by atoms with van der Waals surface area (Å²) in [6.45, 7) is 1.94. The van der Waals surface area contributed by atoms with E-state index in [1.165, 1.54) is 12.1 Å². The maximum atomic E-state index is 13.4. The van der Waals surface area contributed by atoms with Gasteiger partial charge in [0.15, 0.2) is 9.84 Å². The lowest BCUT2D eigenvalue weighted by molar-refractivity contribution is 0.181. The van der Waals surface area contributed by atoms with Crippen molar-refractivity contribution in [3.8, 4) is 0 Å². The van der Waals surface area contributed by atoms with Crippen LogP contribution in [0.15, 0.2) is 18.2 Å². The first-order valence-corrected chi connectivity index (χ1v) is 9.24. The first kappa shape index (κ1) is 15.3. The molecule has 1 heterocycles. The average molecular weight is 326 g/mol. The predicted molar refractivity (Wildman–Crippen MR) is 80.8 cm³/mol. The van der Waals surface area contributed by atoms with Gasteiger partial charge in [-0.15, -0.1) is 0 Å². The van der Waals surface area contributed by atoms with Crippen LogP contribution in [0.5, 0.6) is 0 Å². The highest BCUT2D eigenvalue weighted by atomic mass is 32.2. The largest absolute Gasteiger partial charge is 0.331 e. The van der Waals surface area contributed by atoms with Crippen LogP contribution < -0.4 is 5.32 Å². The summed E-state index contributed by atoms with van der Waals surface area (Å²) in [5, 5.41) is 2.92. The van der Waals surface area contributed by atoms with E-state index in [9.17, 15) is 17.6 Å². The Balaban J connectivity index is 1.70. The second kappa shape index (κ2) is 5.53. The Morgan fingerprint density at radius 1 is 1.41 bits per heavy atom. The van der Waals surface area contributed by atoms with E-state index in [1.54, 1.807) is 17.9 Å². The summed E-state index contributed by atoms with van der Waals surface area (Å²) in [4.78, 5) is 14.0. The topological polar surface area (TPSA) is 66.5 Å². The number of halogens is 1.